The molecule has 1 atom stereocenters. The maximum Gasteiger partial charge on any atom is 0.407 e. The number of alkyl carbamates (subject to hydrolysis) is 1. The summed E-state index contributed by atoms with van der Waals surface area (Å²) in [5.74, 6) is 0.720. The van der Waals surface area contributed by atoms with Crippen LogP contribution < -0.4 is 10.2 Å². The number of rotatable bonds is 5. The van der Waals surface area contributed by atoms with Gasteiger partial charge in [0, 0.05) is 47.5 Å². The molecule has 0 bridgehead atoms. The van der Waals surface area contributed by atoms with Crippen LogP contribution in [0.5, 0.6) is 0 Å². The number of amides is 1. The summed E-state index contributed by atoms with van der Waals surface area (Å²) in [5.41, 5.74) is 0.956. The molecule has 1 aromatic carbocycles. The highest BCUT2D eigenvalue weighted by Gasteiger charge is 2.32. The first-order chi connectivity index (χ1) is 14.3. The first-order valence-corrected chi connectivity index (χ1v) is 12.1. The Morgan fingerprint density at radius 2 is 2.03 bits per heavy atom. The molecular weight excluding hydrogens is 394 g/mol. The lowest BCUT2D eigenvalue weighted by Gasteiger charge is -2.43. The van der Waals surface area contributed by atoms with Gasteiger partial charge in [0.15, 0.2) is 0 Å². The second kappa shape index (κ2) is 8.75. The third-order valence-electron chi connectivity index (χ3n) is 6.30. The summed E-state index contributed by atoms with van der Waals surface area (Å²) in [7, 11) is 0. The van der Waals surface area contributed by atoms with E-state index in [4.69, 9.17) is 4.74 Å². The number of ether oxygens (including phenoxy) is 1. The Bertz CT molecular complexity index is 869. The number of hydrogen-bond acceptors (Lipinski definition) is 5. The van der Waals surface area contributed by atoms with E-state index < -0.39 is 5.60 Å². The molecule has 1 aliphatic carbocycles. The minimum absolute atomic E-state index is 0.281. The number of thiophene rings is 1. The summed E-state index contributed by atoms with van der Waals surface area (Å²) < 4.78 is 6.73. The zero-order valence-electron chi connectivity index (χ0n) is 18.7. The van der Waals surface area contributed by atoms with Crippen molar-refractivity contribution in [2.45, 2.75) is 64.6 Å². The van der Waals surface area contributed by atoms with Crippen LogP contribution in [-0.4, -0.2) is 54.9 Å². The van der Waals surface area contributed by atoms with Crippen molar-refractivity contribution < 1.29 is 9.53 Å². The van der Waals surface area contributed by atoms with Crippen LogP contribution in [0.15, 0.2) is 29.6 Å². The number of nitrogens with one attached hydrogen (secondary N) is 1. The highest BCUT2D eigenvalue weighted by Crippen LogP contribution is 2.34. The molecular formula is C24H35N3O2S. The van der Waals surface area contributed by atoms with Crippen LogP contribution in [0.3, 0.4) is 0 Å². The molecule has 164 valence electrons. The van der Waals surface area contributed by atoms with E-state index in [2.05, 4.69) is 51.7 Å². The summed E-state index contributed by atoms with van der Waals surface area (Å²) in [6, 6.07) is 9.73. The van der Waals surface area contributed by atoms with Gasteiger partial charge in [0.2, 0.25) is 0 Å². The van der Waals surface area contributed by atoms with Crippen molar-refractivity contribution in [1.29, 1.82) is 0 Å². The molecule has 30 heavy (non-hydrogen) atoms. The first-order valence-electron chi connectivity index (χ1n) is 11.2. The van der Waals surface area contributed by atoms with Gasteiger partial charge < -0.3 is 15.0 Å². The van der Waals surface area contributed by atoms with Crippen LogP contribution in [-0.2, 0) is 4.74 Å². The number of nitrogens with zero attached hydrogens (tertiary/aromatic N) is 2. The van der Waals surface area contributed by atoms with Gasteiger partial charge in [0.25, 0.3) is 0 Å². The number of piperazine rings is 1. The summed E-state index contributed by atoms with van der Waals surface area (Å²) >= 11 is 1.82. The normalized spacial score (nSPS) is 25.2. The van der Waals surface area contributed by atoms with Gasteiger partial charge >= 0.3 is 6.09 Å². The van der Waals surface area contributed by atoms with Crippen molar-refractivity contribution in [1.82, 2.24) is 10.2 Å². The lowest BCUT2D eigenvalue weighted by molar-refractivity contribution is 0.0444. The summed E-state index contributed by atoms with van der Waals surface area (Å²) in [4.78, 5) is 17.1. The maximum absolute atomic E-state index is 11.9. The molecule has 2 aromatic rings. The predicted octanol–water partition coefficient (Wildman–Crippen LogP) is 5.11. The number of carbonyl (C=O) groups is 1. The van der Waals surface area contributed by atoms with Gasteiger partial charge in [-0.3, -0.25) is 4.90 Å². The van der Waals surface area contributed by atoms with Crippen LogP contribution in [0.2, 0.25) is 0 Å². The summed E-state index contributed by atoms with van der Waals surface area (Å²) in [6.45, 7) is 12.5. The van der Waals surface area contributed by atoms with E-state index in [1.165, 1.54) is 22.2 Å². The monoisotopic (exact) mass is 429 g/mol. The van der Waals surface area contributed by atoms with Gasteiger partial charge in [-0.1, -0.05) is 6.07 Å². The van der Waals surface area contributed by atoms with Crippen LogP contribution in [0.4, 0.5) is 10.5 Å². The van der Waals surface area contributed by atoms with E-state index >= 15 is 0 Å². The lowest BCUT2D eigenvalue weighted by atomic mass is 9.78. The number of hydrogen-bond donors (Lipinski definition) is 1. The highest BCUT2D eigenvalue weighted by molar-refractivity contribution is 7.17. The Labute approximate surface area is 184 Å². The molecule has 1 aromatic heterocycles. The molecule has 6 heteroatoms. The van der Waals surface area contributed by atoms with Crippen molar-refractivity contribution in [2.24, 2.45) is 5.92 Å². The Morgan fingerprint density at radius 3 is 2.77 bits per heavy atom. The number of anilines is 1. The second-order valence-electron chi connectivity index (χ2n) is 9.92. The van der Waals surface area contributed by atoms with E-state index in [-0.39, 0.29) is 12.1 Å². The van der Waals surface area contributed by atoms with Crippen LogP contribution in [0.25, 0.3) is 10.1 Å². The molecule has 2 aliphatic rings. The molecule has 2 heterocycles. The molecule has 1 N–H and O–H groups in total. The molecule has 2 fully saturated rings. The molecule has 0 unspecified atom stereocenters. The SMILES string of the molecule is C[C@@H]1CN(CCC2CC(NC(=O)OC(C)(C)C)C2)CCN1c1cccc2sccc12. The molecule has 1 saturated heterocycles. The molecule has 1 amide bonds. The zero-order chi connectivity index (χ0) is 21.3. The minimum atomic E-state index is -0.430. The summed E-state index contributed by atoms with van der Waals surface area (Å²) in [6.07, 6.45) is 3.10. The summed E-state index contributed by atoms with van der Waals surface area (Å²) in [5, 5.41) is 6.59. The predicted molar refractivity (Wildman–Crippen MR) is 126 cm³/mol. The van der Waals surface area contributed by atoms with Crippen molar-refractivity contribution in [3.05, 3.63) is 29.6 Å². The van der Waals surface area contributed by atoms with Crippen LogP contribution in [0.1, 0.15) is 47.0 Å². The Balaban J connectivity index is 1.20. The first kappa shape index (κ1) is 21.4. The fourth-order valence-electron chi connectivity index (χ4n) is 4.75. The molecule has 0 spiro atoms. The highest BCUT2D eigenvalue weighted by atomic mass is 32.1. The van der Waals surface area contributed by atoms with Crippen molar-refractivity contribution in [3.63, 3.8) is 0 Å². The molecule has 0 radical (unpaired) electrons. The van der Waals surface area contributed by atoms with Gasteiger partial charge in [-0.15, -0.1) is 11.3 Å². The standard InChI is InChI=1S/C24H35N3O2S/c1-17-16-26(10-8-18-14-19(15-18)25-23(28)29-24(2,3)4)11-12-27(17)21-6-5-7-22-20(21)9-13-30-22/h5-7,9,13,17-19H,8,10-12,14-16H2,1-4H3,(H,25,28)/t17-,18?,19?/m1/s1. The third kappa shape index (κ3) is 5.09. The van der Waals surface area contributed by atoms with Crippen molar-refractivity contribution in [2.75, 3.05) is 31.1 Å². The molecule has 1 aliphatic heterocycles. The fourth-order valence-corrected chi connectivity index (χ4v) is 5.56. The molecule has 1 saturated carbocycles. The molecule has 5 nitrogen and oxygen atoms in total. The van der Waals surface area contributed by atoms with Gasteiger partial charge in [0.05, 0.1) is 0 Å². The quantitative estimate of drug-likeness (QED) is 0.718. The average Bonchev–Trinajstić information content (AvgIpc) is 3.11. The zero-order valence-corrected chi connectivity index (χ0v) is 19.5. The third-order valence-corrected chi connectivity index (χ3v) is 7.19. The van der Waals surface area contributed by atoms with E-state index in [1.54, 1.807) is 0 Å². The second-order valence-corrected chi connectivity index (χ2v) is 10.9. The minimum Gasteiger partial charge on any atom is -0.444 e. The van der Waals surface area contributed by atoms with Crippen LogP contribution in [0, 0.1) is 5.92 Å². The smallest absolute Gasteiger partial charge is 0.407 e. The van der Waals surface area contributed by atoms with Gasteiger partial charge in [-0.05, 0) is 83.0 Å². The topological polar surface area (TPSA) is 44.8 Å². The van der Waals surface area contributed by atoms with E-state index in [9.17, 15) is 4.79 Å². The molecule has 4 rings (SSSR count). The van der Waals surface area contributed by atoms with Crippen molar-refractivity contribution in [3.8, 4) is 0 Å². The average molecular weight is 430 g/mol. The van der Waals surface area contributed by atoms with Gasteiger partial charge in [-0.25, -0.2) is 4.79 Å². The Hall–Kier alpha value is -1.79. The lowest BCUT2D eigenvalue weighted by Crippen LogP contribution is -2.53. The van der Waals surface area contributed by atoms with E-state index in [1.807, 2.05) is 32.1 Å². The van der Waals surface area contributed by atoms with E-state index in [0.717, 1.165) is 44.9 Å². The number of benzene rings is 1. The van der Waals surface area contributed by atoms with Crippen LogP contribution >= 0.6 is 11.3 Å². The van der Waals surface area contributed by atoms with E-state index in [0.29, 0.717) is 6.04 Å². The van der Waals surface area contributed by atoms with Crippen molar-refractivity contribution >= 4 is 33.2 Å². The largest absolute Gasteiger partial charge is 0.444 e. The Morgan fingerprint density at radius 1 is 1.23 bits per heavy atom. The fraction of sp³-hybridized carbons (Fsp3) is 0.625. The van der Waals surface area contributed by atoms with Gasteiger partial charge in [0.1, 0.15) is 5.60 Å². The Kier molecular flexibility index (Phi) is 6.26. The number of fused-ring (bicyclic) bond motifs is 1. The number of carbonyl (C=O) groups excluding carboxylic acids is 1. The maximum atomic E-state index is 11.9. The van der Waals surface area contributed by atoms with Gasteiger partial charge in [-0.2, -0.15) is 0 Å².